The topological polar surface area (TPSA) is 83.5 Å². The predicted octanol–water partition coefficient (Wildman–Crippen LogP) is 5.05. The number of rotatable bonds is 5. The standard InChI is InChI=1S/C27H21N7O/c1-18-6-9-21(15-30-18)33-17-24(22-5-3-4-13-29-22)31-26(33)19-7-10-20(11-8-19)34-25-12-14-28-16-23(25)32-27(34)35-2/h3-17H,1-2H3. The molecule has 0 aliphatic rings. The Labute approximate surface area is 201 Å². The van der Waals surface area contributed by atoms with E-state index in [0.717, 1.165) is 50.9 Å². The molecule has 0 unspecified atom stereocenters. The molecule has 0 fully saturated rings. The minimum Gasteiger partial charge on any atom is -0.468 e. The summed E-state index contributed by atoms with van der Waals surface area (Å²) in [5.41, 5.74) is 7.08. The Balaban J connectivity index is 1.47. The van der Waals surface area contributed by atoms with E-state index >= 15 is 0 Å². The van der Waals surface area contributed by atoms with Gasteiger partial charge in [0.05, 0.1) is 42.1 Å². The van der Waals surface area contributed by atoms with Crippen molar-refractivity contribution in [2.45, 2.75) is 6.92 Å². The van der Waals surface area contributed by atoms with Gasteiger partial charge in [0.15, 0.2) is 0 Å². The van der Waals surface area contributed by atoms with Gasteiger partial charge in [-0.3, -0.25) is 24.1 Å². The molecule has 1 aromatic carbocycles. The number of benzene rings is 1. The van der Waals surface area contributed by atoms with Gasteiger partial charge < -0.3 is 4.74 Å². The summed E-state index contributed by atoms with van der Waals surface area (Å²) in [6.07, 6.45) is 9.10. The van der Waals surface area contributed by atoms with Gasteiger partial charge >= 0.3 is 6.01 Å². The Bertz CT molecular complexity index is 1620. The van der Waals surface area contributed by atoms with Crippen LogP contribution in [0.5, 0.6) is 6.01 Å². The molecule has 0 saturated heterocycles. The summed E-state index contributed by atoms with van der Waals surface area (Å²) in [5, 5.41) is 0. The second-order valence-electron chi connectivity index (χ2n) is 8.04. The monoisotopic (exact) mass is 459 g/mol. The van der Waals surface area contributed by atoms with Crippen LogP contribution in [-0.4, -0.2) is 41.2 Å². The Hall–Kier alpha value is -4.85. The van der Waals surface area contributed by atoms with E-state index in [4.69, 9.17) is 9.72 Å². The first-order chi connectivity index (χ1) is 17.2. The first-order valence-corrected chi connectivity index (χ1v) is 11.1. The highest BCUT2D eigenvalue weighted by atomic mass is 16.5. The van der Waals surface area contributed by atoms with Crippen molar-refractivity contribution < 1.29 is 4.74 Å². The van der Waals surface area contributed by atoms with Crippen LogP contribution < -0.4 is 4.74 Å². The minimum atomic E-state index is 0.505. The van der Waals surface area contributed by atoms with E-state index in [1.807, 2.05) is 89.1 Å². The van der Waals surface area contributed by atoms with Gasteiger partial charge in [0, 0.05) is 29.8 Å². The smallest absolute Gasteiger partial charge is 0.301 e. The fourth-order valence-corrected chi connectivity index (χ4v) is 4.08. The van der Waals surface area contributed by atoms with Crippen LogP contribution in [0.2, 0.25) is 0 Å². The van der Waals surface area contributed by atoms with Crippen LogP contribution in [0.3, 0.4) is 0 Å². The highest BCUT2D eigenvalue weighted by Gasteiger charge is 2.16. The Morgan fingerprint density at radius 1 is 0.771 bits per heavy atom. The van der Waals surface area contributed by atoms with E-state index in [1.54, 1.807) is 25.7 Å². The molecule has 6 rings (SSSR count). The van der Waals surface area contributed by atoms with E-state index in [-0.39, 0.29) is 0 Å². The van der Waals surface area contributed by atoms with Crippen LogP contribution in [0.1, 0.15) is 5.69 Å². The summed E-state index contributed by atoms with van der Waals surface area (Å²) in [7, 11) is 1.62. The maximum Gasteiger partial charge on any atom is 0.301 e. The third-order valence-electron chi connectivity index (χ3n) is 5.80. The first-order valence-electron chi connectivity index (χ1n) is 11.1. The maximum absolute atomic E-state index is 5.53. The van der Waals surface area contributed by atoms with Gasteiger partial charge in [-0.15, -0.1) is 0 Å². The SMILES string of the molecule is COc1nc2cnccc2n1-c1ccc(-c2nc(-c3ccccn3)cn2-c2ccc(C)nc2)cc1. The largest absolute Gasteiger partial charge is 0.468 e. The van der Waals surface area contributed by atoms with E-state index in [0.29, 0.717) is 6.01 Å². The maximum atomic E-state index is 5.53. The molecule has 0 bridgehead atoms. The zero-order valence-electron chi connectivity index (χ0n) is 19.2. The number of aromatic nitrogens is 7. The van der Waals surface area contributed by atoms with Crippen molar-refractivity contribution in [3.8, 4) is 40.2 Å². The van der Waals surface area contributed by atoms with Gasteiger partial charge in [0.1, 0.15) is 17.0 Å². The molecule has 0 radical (unpaired) electrons. The van der Waals surface area contributed by atoms with Crippen molar-refractivity contribution in [3.63, 3.8) is 0 Å². The average Bonchev–Trinajstić information content (AvgIpc) is 3.52. The van der Waals surface area contributed by atoms with Crippen LogP contribution >= 0.6 is 0 Å². The van der Waals surface area contributed by atoms with Gasteiger partial charge in [-0.2, -0.15) is 4.98 Å². The molecule has 0 amide bonds. The van der Waals surface area contributed by atoms with E-state index in [1.165, 1.54) is 0 Å². The molecule has 0 N–H and O–H groups in total. The van der Waals surface area contributed by atoms with Crippen molar-refractivity contribution in [1.82, 2.24) is 34.1 Å². The number of fused-ring (bicyclic) bond motifs is 1. The summed E-state index contributed by atoms with van der Waals surface area (Å²) < 4.78 is 9.55. The van der Waals surface area contributed by atoms with Crippen LogP contribution in [0, 0.1) is 6.92 Å². The number of nitrogens with zero attached hydrogens (tertiary/aromatic N) is 7. The molecule has 6 aromatic rings. The number of imidazole rings is 2. The fraction of sp³-hybridized carbons (Fsp3) is 0.0741. The number of hydrogen-bond donors (Lipinski definition) is 0. The number of aryl methyl sites for hydroxylation is 1. The van der Waals surface area contributed by atoms with Gasteiger partial charge in [0.25, 0.3) is 0 Å². The molecular weight excluding hydrogens is 438 g/mol. The molecule has 0 saturated carbocycles. The zero-order chi connectivity index (χ0) is 23.8. The van der Waals surface area contributed by atoms with Crippen LogP contribution in [-0.2, 0) is 0 Å². The lowest BCUT2D eigenvalue weighted by Crippen LogP contribution is -2.00. The Kier molecular flexibility index (Phi) is 5.03. The average molecular weight is 460 g/mol. The molecule has 35 heavy (non-hydrogen) atoms. The number of ether oxygens (including phenoxy) is 1. The molecule has 0 atom stereocenters. The lowest BCUT2D eigenvalue weighted by molar-refractivity contribution is 0.376. The normalized spacial score (nSPS) is 11.1. The molecule has 8 heteroatoms. The van der Waals surface area contributed by atoms with Gasteiger partial charge in [0.2, 0.25) is 0 Å². The number of hydrogen-bond acceptors (Lipinski definition) is 6. The summed E-state index contributed by atoms with van der Waals surface area (Å²) in [4.78, 5) is 22.6. The molecular formula is C27H21N7O. The number of pyridine rings is 3. The van der Waals surface area contributed by atoms with Gasteiger partial charge in [-0.1, -0.05) is 6.07 Å². The molecule has 8 nitrogen and oxygen atoms in total. The van der Waals surface area contributed by atoms with Crippen LogP contribution in [0.4, 0.5) is 0 Å². The second-order valence-corrected chi connectivity index (χ2v) is 8.04. The second kappa shape index (κ2) is 8.49. The van der Waals surface area contributed by atoms with E-state index < -0.39 is 0 Å². The van der Waals surface area contributed by atoms with Crippen molar-refractivity contribution >= 4 is 11.0 Å². The van der Waals surface area contributed by atoms with Gasteiger partial charge in [-0.05, 0) is 61.5 Å². The molecule has 170 valence electrons. The highest BCUT2D eigenvalue weighted by molar-refractivity contribution is 5.78. The quantitative estimate of drug-likeness (QED) is 0.359. The van der Waals surface area contributed by atoms with Crippen molar-refractivity contribution in [2.75, 3.05) is 7.11 Å². The third-order valence-corrected chi connectivity index (χ3v) is 5.80. The van der Waals surface area contributed by atoms with Crippen molar-refractivity contribution in [2.24, 2.45) is 0 Å². The molecule has 0 aliphatic carbocycles. The van der Waals surface area contributed by atoms with Crippen molar-refractivity contribution in [1.29, 1.82) is 0 Å². The third kappa shape index (κ3) is 3.71. The summed E-state index contributed by atoms with van der Waals surface area (Å²) >= 11 is 0. The lowest BCUT2D eigenvalue weighted by Gasteiger charge is -2.10. The van der Waals surface area contributed by atoms with Crippen LogP contribution in [0.25, 0.3) is 45.2 Å². The zero-order valence-corrected chi connectivity index (χ0v) is 19.2. The van der Waals surface area contributed by atoms with Crippen LogP contribution in [0.15, 0.2) is 91.6 Å². The molecule has 0 aliphatic heterocycles. The van der Waals surface area contributed by atoms with Crippen molar-refractivity contribution in [3.05, 3.63) is 97.3 Å². The highest BCUT2D eigenvalue weighted by Crippen LogP contribution is 2.30. The summed E-state index contributed by atoms with van der Waals surface area (Å²) in [6.45, 7) is 1.97. The molecule has 5 heterocycles. The Morgan fingerprint density at radius 2 is 1.63 bits per heavy atom. The Morgan fingerprint density at radius 3 is 2.37 bits per heavy atom. The van der Waals surface area contributed by atoms with E-state index in [9.17, 15) is 0 Å². The minimum absolute atomic E-state index is 0.505. The summed E-state index contributed by atoms with van der Waals surface area (Å²) in [6, 6.07) is 20.4. The first kappa shape index (κ1) is 20.7. The number of methoxy groups -OCH3 is 1. The lowest BCUT2D eigenvalue weighted by atomic mass is 10.2. The van der Waals surface area contributed by atoms with Gasteiger partial charge in [-0.25, -0.2) is 4.98 Å². The predicted molar refractivity (Wildman–Crippen MR) is 134 cm³/mol. The molecule has 5 aromatic heterocycles. The molecule has 0 spiro atoms. The summed E-state index contributed by atoms with van der Waals surface area (Å²) in [5.74, 6) is 0.800. The van der Waals surface area contributed by atoms with E-state index in [2.05, 4.69) is 19.9 Å². The fourth-order valence-electron chi connectivity index (χ4n) is 4.08.